The summed E-state index contributed by atoms with van der Waals surface area (Å²) in [6.07, 6.45) is 0.348. The highest BCUT2D eigenvalue weighted by Crippen LogP contribution is 2.17. The van der Waals surface area contributed by atoms with E-state index in [1.807, 2.05) is 30.3 Å². The second-order valence-corrected chi connectivity index (χ2v) is 7.27. The summed E-state index contributed by atoms with van der Waals surface area (Å²) in [6.45, 7) is 0.144. The van der Waals surface area contributed by atoms with E-state index in [0.29, 0.717) is 17.5 Å². The van der Waals surface area contributed by atoms with Gasteiger partial charge in [0.05, 0.1) is 6.42 Å². The standard InChI is InChI=1S/C25H24F2N2O2/c1-28-25(31)23(15-18-5-3-2-4-6-18)29(17-20-9-13-22(27)14-10-20)24(30)16-19-7-11-21(26)12-8-19/h2-14,23H,15-17H2,1H3,(H,28,31)/t23-/m0/s1. The van der Waals surface area contributed by atoms with Crippen molar-refractivity contribution in [2.75, 3.05) is 7.05 Å². The van der Waals surface area contributed by atoms with Crippen molar-refractivity contribution < 1.29 is 18.4 Å². The molecule has 1 N–H and O–H groups in total. The number of nitrogens with zero attached hydrogens (tertiary/aromatic N) is 1. The van der Waals surface area contributed by atoms with Gasteiger partial charge in [-0.15, -0.1) is 0 Å². The highest BCUT2D eigenvalue weighted by atomic mass is 19.1. The van der Waals surface area contributed by atoms with Crippen molar-refractivity contribution in [2.24, 2.45) is 0 Å². The second kappa shape index (κ2) is 10.5. The quantitative estimate of drug-likeness (QED) is 0.599. The molecule has 0 saturated carbocycles. The highest BCUT2D eigenvalue weighted by molar-refractivity contribution is 5.88. The first-order valence-corrected chi connectivity index (χ1v) is 10.00. The van der Waals surface area contributed by atoms with Crippen molar-refractivity contribution in [3.05, 3.63) is 107 Å². The van der Waals surface area contributed by atoms with Crippen LogP contribution in [0.2, 0.25) is 0 Å². The van der Waals surface area contributed by atoms with Crippen LogP contribution < -0.4 is 5.32 Å². The van der Waals surface area contributed by atoms with Gasteiger partial charge in [-0.3, -0.25) is 9.59 Å². The fourth-order valence-electron chi connectivity index (χ4n) is 3.39. The fraction of sp³-hybridized carbons (Fsp3) is 0.200. The zero-order chi connectivity index (χ0) is 22.2. The number of rotatable bonds is 8. The molecule has 31 heavy (non-hydrogen) atoms. The molecule has 0 aliphatic heterocycles. The van der Waals surface area contributed by atoms with E-state index < -0.39 is 6.04 Å². The molecular weight excluding hydrogens is 398 g/mol. The highest BCUT2D eigenvalue weighted by Gasteiger charge is 2.29. The molecule has 3 rings (SSSR count). The Balaban J connectivity index is 1.92. The number of benzene rings is 3. The Morgan fingerprint density at radius 2 is 1.35 bits per heavy atom. The minimum atomic E-state index is -0.759. The van der Waals surface area contributed by atoms with Gasteiger partial charge in [0.15, 0.2) is 0 Å². The molecule has 0 aliphatic rings. The van der Waals surface area contributed by atoms with E-state index in [0.717, 1.165) is 5.56 Å². The van der Waals surface area contributed by atoms with Gasteiger partial charge in [-0.05, 0) is 41.0 Å². The predicted molar refractivity (Wildman–Crippen MR) is 115 cm³/mol. The van der Waals surface area contributed by atoms with E-state index in [4.69, 9.17) is 0 Å². The molecule has 0 spiro atoms. The minimum Gasteiger partial charge on any atom is -0.357 e. The zero-order valence-electron chi connectivity index (χ0n) is 17.2. The van der Waals surface area contributed by atoms with Crippen molar-refractivity contribution in [1.29, 1.82) is 0 Å². The van der Waals surface area contributed by atoms with Crippen molar-refractivity contribution in [3.8, 4) is 0 Å². The van der Waals surface area contributed by atoms with Crippen LogP contribution in [0.15, 0.2) is 78.9 Å². The molecule has 0 unspecified atom stereocenters. The molecule has 4 nitrogen and oxygen atoms in total. The number of hydrogen-bond acceptors (Lipinski definition) is 2. The van der Waals surface area contributed by atoms with E-state index in [1.165, 1.54) is 36.2 Å². The van der Waals surface area contributed by atoms with E-state index in [9.17, 15) is 18.4 Å². The molecular formula is C25H24F2N2O2. The van der Waals surface area contributed by atoms with Crippen molar-refractivity contribution in [3.63, 3.8) is 0 Å². The Hall–Kier alpha value is -3.54. The molecule has 0 aliphatic carbocycles. The van der Waals surface area contributed by atoms with Gasteiger partial charge in [0.25, 0.3) is 0 Å². The van der Waals surface area contributed by atoms with Crippen LogP contribution in [0.5, 0.6) is 0 Å². The lowest BCUT2D eigenvalue weighted by molar-refractivity contribution is -0.140. The maximum Gasteiger partial charge on any atom is 0.242 e. The maximum absolute atomic E-state index is 13.4. The lowest BCUT2D eigenvalue weighted by atomic mass is 10.0. The van der Waals surface area contributed by atoms with Gasteiger partial charge in [-0.2, -0.15) is 0 Å². The average Bonchev–Trinajstić information content (AvgIpc) is 2.79. The number of amides is 2. The molecule has 0 fully saturated rings. The molecule has 3 aromatic carbocycles. The van der Waals surface area contributed by atoms with E-state index in [2.05, 4.69) is 5.32 Å². The van der Waals surface area contributed by atoms with E-state index >= 15 is 0 Å². The number of nitrogens with one attached hydrogen (secondary N) is 1. The third kappa shape index (κ3) is 6.22. The molecule has 0 heterocycles. The third-order valence-electron chi connectivity index (χ3n) is 5.05. The molecule has 0 radical (unpaired) electrons. The molecule has 160 valence electrons. The summed E-state index contributed by atoms with van der Waals surface area (Å²) in [4.78, 5) is 27.6. The number of carbonyl (C=O) groups excluding carboxylic acids is 2. The zero-order valence-corrected chi connectivity index (χ0v) is 17.2. The third-order valence-corrected chi connectivity index (χ3v) is 5.05. The van der Waals surface area contributed by atoms with Crippen LogP contribution in [0.25, 0.3) is 0 Å². The van der Waals surface area contributed by atoms with Crippen molar-refractivity contribution >= 4 is 11.8 Å². The Bertz CT molecular complexity index is 1010. The van der Waals surface area contributed by atoms with Gasteiger partial charge in [-0.1, -0.05) is 54.6 Å². The molecule has 0 aromatic heterocycles. The Labute approximate surface area is 180 Å². The van der Waals surface area contributed by atoms with Gasteiger partial charge in [0.1, 0.15) is 17.7 Å². The SMILES string of the molecule is CNC(=O)[C@H](Cc1ccccc1)N(Cc1ccc(F)cc1)C(=O)Cc1ccc(F)cc1. The number of carbonyl (C=O) groups is 2. The first-order valence-electron chi connectivity index (χ1n) is 10.00. The van der Waals surface area contributed by atoms with Crippen LogP contribution in [0.1, 0.15) is 16.7 Å². The van der Waals surface area contributed by atoms with Gasteiger partial charge in [0.2, 0.25) is 11.8 Å². The summed E-state index contributed by atoms with van der Waals surface area (Å²) < 4.78 is 26.6. The molecule has 1 atom stereocenters. The van der Waals surface area contributed by atoms with Crippen LogP contribution in [-0.4, -0.2) is 29.8 Å². The van der Waals surface area contributed by atoms with Crippen LogP contribution in [0.3, 0.4) is 0 Å². The smallest absolute Gasteiger partial charge is 0.242 e. The lowest BCUT2D eigenvalue weighted by Gasteiger charge is -2.31. The molecule has 0 bridgehead atoms. The minimum absolute atomic E-state index is 0.0176. The van der Waals surface area contributed by atoms with Crippen LogP contribution in [-0.2, 0) is 29.0 Å². The fourth-order valence-corrected chi connectivity index (χ4v) is 3.39. The molecule has 2 amide bonds. The summed E-state index contributed by atoms with van der Waals surface area (Å²) in [5, 5.41) is 2.64. The monoisotopic (exact) mass is 422 g/mol. The van der Waals surface area contributed by atoms with E-state index in [1.54, 1.807) is 24.3 Å². The Kier molecular flexibility index (Phi) is 7.49. The average molecular weight is 422 g/mol. The van der Waals surface area contributed by atoms with Gasteiger partial charge in [0, 0.05) is 20.0 Å². The topological polar surface area (TPSA) is 49.4 Å². The molecule has 0 saturated heterocycles. The van der Waals surface area contributed by atoms with Gasteiger partial charge >= 0.3 is 0 Å². The maximum atomic E-state index is 13.4. The normalized spacial score (nSPS) is 11.6. The Morgan fingerprint density at radius 1 is 0.806 bits per heavy atom. The summed E-state index contributed by atoms with van der Waals surface area (Å²) >= 11 is 0. The number of hydrogen-bond donors (Lipinski definition) is 1. The summed E-state index contributed by atoms with van der Waals surface area (Å²) in [6, 6.07) is 20.2. The summed E-state index contributed by atoms with van der Waals surface area (Å²) in [5.41, 5.74) is 2.26. The predicted octanol–water partition coefficient (Wildman–Crippen LogP) is 3.89. The number of likely N-dealkylation sites (N-methyl/N-ethyl adjacent to an activating group) is 1. The molecule has 6 heteroatoms. The van der Waals surface area contributed by atoms with E-state index in [-0.39, 0.29) is 36.4 Å². The van der Waals surface area contributed by atoms with Crippen molar-refractivity contribution in [2.45, 2.75) is 25.4 Å². The molecule has 3 aromatic rings. The lowest BCUT2D eigenvalue weighted by Crippen LogP contribution is -2.50. The van der Waals surface area contributed by atoms with Crippen LogP contribution in [0, 0.1) is 11.6 Å². The van der Waals surface area contributed by atoms with Gasteiger partial charge < -0.3 is 10.2 Å². The van der Waals surface area contributed by atoms with Crippen LogP contribution >= 0.6 is 0 Å². The summed E-state index contributed by atoms with van der Waals surface area (Å²) in [5.74, 6) is -1.33. The largest absolute Gasteiger partial charge is 0.357 e. The van der Waals surface area contributed by atoms with Crippen molar-refractivity contribution in [1.82, 2.24) is 10.2 Å². The first-order chi connectivity index (χ1) is 15.0. The Morgan fingerprint density at radius 3 is 1.90 bits per heavy atom. The van der Waals surface area contributed by atoms with Crippen LogP contribution in [0.4, 0.5) is 8.78 Å². The number of halogens is 2. The second-order valence-electron chi connectivity index (χ2n) is 7.27. The van der Waals surface area contributed by atoms with Gasteiger partial charge in [-0.25, -0.2) is 8.78 Å². The first kappa shape index (κ1) is 22.2. The summed E-state index contributed by atoms with van der Waals surface area (Å²) in [7, 11) is 1.53.